The minimum atomic E-state index is -3.42. The summed E-state index contributed by atoms with van der Waals surface area (Å²) in [5.41, 5.74) is 0.00804. The van der Waals surface area contributed by atoms with E-state index < -0.39 is 10.0 Å². The Morgan fingerprint density at radius 2 is 1.90 bits per heavy atom. The van der Waals surface area contributed by atoms with Crippen molar-refractivity contribution in [3.05, 3.63) is 30.3 Å². The Bertz CT molecular complexity index is 545. The van der Waals surface area contributed by atoms with Crippen LogP contribution in [0.5, 0.6) is 0 Å². The Hall–Kier alpha value is -0.950. The van der Waals surface area contributed by atoms with E-state index in [2.05, 4.69) is 10.0 Å². The van der Waals surface area contributed by atoms with Crippen molar-refractivity contribution >= 4 is 10.0 Å². The van der Waals surface area contributed by atoms with Crippen LogP contribution in [0.3, 0.4) is 0 Å². The van der Waals surface area contributed by atoms with E-state index in [9.17, 15) is 8.42 Å². The molecular formula is C14H20N2O3S. The first-order valence-corrected chi connectivity index (χ1v) is 8.51. The normalized spacial score (nSPS) is 25.3. The van der Waals surface area contributed by atoms with Crippen molar-refractivity contribution in [3.8, 4) is 0 Å². The summed E-state index contributed by atoms with van der Waals surface area (Å²) >= 11 is 0. The molecule has 0 bridgehead atoms. The molecule has 1 atom stereocenters. The van der Waals surface area contributed by atoms with Crippen LogP contribution in [0, 0.1) is 0 Å². The van der Waals surface area contributed by atoms with Gasteiger partial charge in [0, 0.05) is 13.0 Å². The van der Waals surface area contributed by atoms with Gasteiger partial charge in [-0.1, -0.05) is 18.2 Å². The summed E-state index contributed by atoms with van der Waals surface area (Å²) in [4.78, 5) is 0.302. The number of benzene rings is 1. The molecule has 2 heterocycles. The number of hydrogen-bond acceptors (Lipinski definition) is 4. The van der Waals surface area contributed by atoms with Gasteiger partial charge in [0.2, 0.25) is 10.0 Å². The molecule has 2 aliphatic rings. The fourth-order valence-corrected chi connectivity index (χ4v) is 4.05. The van der Waals surface area contributed by atoms with Gasteiger partial charge in [-0.05, 0) is 38.1 Å². The molecular weight excluding hydrogens is 276 g/mol. The van der Waals surface area contributed by atoms with E-state index in [0.29, 0.717) is 11.4 Å². The van der Waals surface area contributed by atoms with Gasteiger partial charge in [-0.15, -0.1) is 0 Å². The van der Waals surface area contributed by atoms with Crippen molar-refractivity contribution in [3.63, 3.8) is 0 Å². The van der Waals surface area contributed by atoms with E-state index in [4.69, 9.17) is 4.74 Å². The van der Waals surface area contributed by atoms with Crippen LogP contribution < -0.4 is 10.0 Å². The molecule has 6 heteroatoms. The molecule has 0 amide bonds. The van der Waals surface area contributed by atoms with Crippen LogP contribution in [-0.4, -0.2) is 39.8 Å². The number of rotatable bonds is 4. The summed E-state index contributed by atoms with van der Waals surface area (Å²) in [6.45, 7) is 2.33. The Balaban J connectivity index is 1.51. The van der Waals surface area contributed by atoms with Crippen molar-refractivity contribution in [2.75, 3.05) is 19.6 Å². The van der Waals surface area contributed by atoms with Crippen LogP contribution >= 0.6 is 0 Å². The summed E-state index contributed by atoms with van der Waals surface area (Å²) in [5, 5.41) is 3.31. The van der Waals surface area contributed by atoms with Crippen LogP contribution in [0.15, 0.2) is 35.2 Å². The van der Waals surface area contributed by atoms with Gasteiger partial charge in [0.05, 0.1) is 16.6 Å². The predicted octanol–water partition coefficient (Wildman–Crippen LogP) is 0.876. The molecule has 110 valence electrons. The lowest BCUT2D eigenvalue weighted by Gasteiger charge is -2.50. The second kappa shape index (κ2) is 5.44. The highest BCUT2D eigenvalue weighted by atomic mass is 32.2. The van der Waals surface area contributed by atoms with Gasteiger partial charge in [-0.2, -0.15) is 0 Å². The molecule has 3 rings (SSSR count). The van der Waals surface area contributed by atoms with Crippen molar-refractivity contribution in [1.82, 2.24) is 10.0 Å². The third kappa shape index (κ3) is 2.88. The molecule has 1 spiro atoms. The molecule has 2 aliphatic heterocycles. The van der Waals surface area contributed by atoms with Gasteiger partial charge in [-0.25, -0.2) is 13.1 Å². The first-order valence-electron chi connectivity index (χ1n) is 7.03. The Morgan fingerprint density at radius 3 is 2.55 bits per heavy atom. The zero-order valence-corrected chi connectivity index (χ0v) is 12.2. The smallest absolute Gasteiger partial charge is 0.240 e. The molecule has 1 unspecified atom stereocenters. The molecule has 5 nitrogen and oxygen atoms in total. The monoisotopic (exact) mass is 296 g/mol. The van der Waals surface area contributed by atoms with Crippen molar-refractivity contribution < 1.29 is 13.2 Å². The Morgan fingerprint density at radius 1 is 1.25 bits per heavy atom. The van der Waals surface area contributed by atoms with E-state index in [1.165, 1.54) is 0 Å². The molecule has 1 aromatic rings. The van der Waals surface area contributed by atoms with Gasteiger partial charge in [0.25, 0.3) is 0 Å². The number of nitrogens with one attached hydrogen (secondary N) is 2. The minimum Gasteiger partial charge on any atom is -0.370 e. The van der Waals surface area contributed by atoms with Crippen LogP contribution in [0.4, 0.5) is 0 Å². The van der Waals surface area contributed by atoms with E-state index in [1.54, 1.807) is 30.3 Å². The largest absolute Gasteiger partial charge is 0.370 e. The maximum absolute atomic E-state index is 12.1. The first kappa shape index (κ1) is 14.0. The van der Waals surface area contributed by atoms with Crippen LogP contribution in [0.2, 0.25) is 0 Å². The number of ether oxygens (including phenoxy) is 1. The molecule has 0 aromatic heterocycles. The van der Waals surface area contributed by atoms with E-state index in [1.807, 2.05) is 0 Å². The minimum absolute atomic E-state index is 0.00610. The van der Waals surface area contributed by atoms with E-state index in [-0.39, 0.29) is 11.7 Å². The quantitative estimate of drug-likeness (QED) is 0.865. The molecule has 1 aromatic carbocycles. The third-order valence-corrected chi connectivity index (χ3v) is 5.53. The Labute approximate surface area is 119 Å². The topological polar surface area (TPSA) is 67.4 Å². The first-order chi connectivity index (χ1) is 9.60. The average Bonchev–Trinajstić information content (AvgIpc) is 2.45. The summed E-state index contributed by atoms with van der Waals surface area (Å²) in [5.74, 6) is 0. The lowest BCUT2D eigenvalue weighted by molar-refractivity contribution is -0.213. The van der Waals surface area contributed by atoms with Gasteiger partial charge in [0.1, 0.15) is 0 Å². The lowest BCUT2D eigenvalue weighted by atomic mass is 9.81. The molecule has 20 heavy (non-hydrogen) atoms. The maximum atomic E-state index is 12.1. The highest BCUT2D eigenvalue weighted by Gasteiger charge is 2.45. The molecule has 0 radical (unpaired) electrons. The van der Waals surface area contributed by atoms with Crippen molar-refractivity contribution in [2.24, 2.45) is 0 Å². The fraction of sp³-hybridized carbons (Fsp3) is 0.571. The Kier molecular flexibility index (Phi) is 3.81. The predicted molar refractivity (Wildman–Crippen MR) is 76.0 cm³/mol. The zero-order chi connectivity index (χ0) is 14.1. The second-order valence-corrected chi connectivity index (χ2v) is 7.31. The maximum Gasteiger partial charge on any atom is 0.240 e. The van der Waals surface area contributed by atoms with Crippen molar-refractivity contribution in [1.29, 1.82) is 0 Å². The molecule has 2 N–H and O–H groups in total. The molecule has 2 saturated heterocycles. The van der Waals surface area contributed by atoms with Crippen LogP contribution in [0.1, 0.15) is 19.3 Å². The standard InChI is InChI=1S/C14H20N2O3S/c17-20(18,13-4-2-1-3-5-13)16-11-12-10-14(19-12)6-8-15-9-7-14/h1-5,12,15-16H,6-11H2. The fourth-order valence-electron chi connectivity index (χ4n) is 2.96. The van der Waals surface area contributed by atoms with Gasteiger partial charge < -0.3 is 10.1 Å². The van der Waals surface area contributed by atoms with Crippen LogP contribution in [0.25, 0.3) is 0 Å². The number of sulfonamides is 1. The average molecular weight is 296 g/mol. The zero-order valence-electron chi connectivity index (χ0n) is 11.3. The lowest BCUT2D eigenvalue weighted by Crippen LogP contribution is -2.58. The van der Waals surface area contributed by atoms with Crippen molar-refractivity contribution in [2.45, 2.75) is 35.9 Å². The van der Waals surface area contributed by atoms with Gasteiger partial charge in [-0.3, -0.25) is 0 Å². The summed E-state index contributed by atoms with van der Waals surface area (Å²) < 4.78 is 32.7. The molecule has 0 saturated carbocycles. The van der Waals surface area contributed by atoms with Gasteiger partial charge in [0.15, 0.2) is 0 Å². The highest BCUT2D eigenvalue weighted by Crippen LogP contribution is 2.39. The van der Waals surface area contributed by atoms with Crippen LogP contribution in [-0.2, 0) is 14.8 Å². The third-order valence-electron chi connectivity index (χ3n) is 4.09. The van der Waals surface area contributed by atoms with E-state index in [0.717, 1.165) is 32.4 Å². The number of hydrogen-bond donors (Lipinski definition) is 2. The summed E-state index contributed by atoms with van der Waals surface area (Å²) in [7, 11) is -3.42. The summed E-state index contributed by atoms with van der Waals surface area (Å²) in [6, 6.07) is 8.43. The molecule has 2 fully saturated rings. The second-order valence-electron chi connectivity index (χ2n) is 5.54. The SMILES string of the molecule is O=S(=O)(NCC1CC2(CCNCC2)O1)c1ccccc1. The highest BCUT2D eigenvalue weighted by molar-refractivity contribution is 7.89. The number of piperidine rings is 1. The summed E-state index contributed by atoms with van der Waals surface area (Å²) in [6.07, 6.45) is 3.00. The molecule has 0 aliphatic carbocycles. The van der Waals surface area contributed by atoms with E-state index >= 15 is 0 Å². The van der Waals surface area contributed by atoms with Gasteiger partial charge >= 0.3 is 0 Å².